The molecule has 0 aliphatic heterocycles. The second kappa shape index (κ2) is 12.4. The van der Waals surface area contributed by atoms with Crippen LogP contribution in [0.25, 0.3) is 0 Å². The monoisotopic (exact) mass is 563 g/mol. The molecule has 3 aromatic rings. The van der Waals surface area contributed by atoms with E-state index in [1.54, 1.807) is 17.4 Å². The number of fused-ring (bicyclic) bond motifs is 1. The van der Waals surface area contributed by atoms with Crippen LogP contribution in [0.1, 0.15) is 74.5 Å². The van der Waals surface area contributed by atoms with Gasteiger partial charge in [0.25, 0.3) is 0 Å². The summed E-state index contributed by atoms with van der Waals surface area (Å²) in [4.78, 5) is 14.2. The number of anilines is 1. The molecule has 4 rings (SSSR count). The molecule has 7 nitrogen and oxygen atoms in total. The smallest absolute Gasteiger partial charge is 0.235 e. The highest BCUT2D eigenvalue weighted by molar-refractivity contribution is 7.99. The summed E-state index contributed by atoms with van der Waals surface area (Å²) < 4.78 is 8.05. The van der Waals surface area contributed by atoms with E-state index in [4.69, 9.17) is 4.74 Å². The van der Waals surface area contributed by atoms with E-state index in [2.05, 4.69) is 68.0 Å². The van der Waals surface area contributed by atoms with E-state index in [-0.39, 0.29) is 23.2 Å². The average Bonchev–Trinajstić information content (AvgIpc) is 3.47. The van der Waals surface area contributed by atoms with Crippen LogP contribution < -0.4 is 10.1 Å². The van der Waals surface area contributed by atoms with Gasteiger partial charge >= 0.3 is 0 Å². The third kappa shape index (κ3) is 6.74. The Morgan fingerprint density at radius 3 is 2.74 bits per heavy atom. The number of amides is 1. The summed E-state index contributed by atoms with van der Waals surface area (Å²) in [5.41, 5.74) is 3.20. The van der Waals surface area contributed by atoms with Crippen molar-refractivity contribution in [3.8, 4) is 11.8 Å². The number of carbonyl (C=O) groups excluding carboxylic acids is 1. The predicted octanol–water partition coefficient (Wildman–Crippen LogP) is 6.98. The zero-order valence-electron chi connectivity index (χ0n) is 23.4. The first-order valence-corrected chi connectivity index (χ1v) is 15.2. The van der Waals surface area contributed by atoms with Crippen molar-refractivity contribution in [3.05, 3.63) is 64.3 Å². The zero-order chi connectivity index (χ0) is 28.2. The SMILES string of the molecule is C=CCn1c(SCC(=O)Nc2sc3c(c2C#N)CCC(C(C)(C)C)C3)nnc1C(C)Oc1ccc(CC)cc1. The Labute approximate surface area is 239 Å². The number of nitrogens with one attached hydrogen (secondary N) is 1. The molecule has 39 heavy (non-hydrogen) atoms. The summed E-state index contributed by atoms with van der Waals surface area (Å²) in [5.74, 6) is 1.99. The van der Waals surface area contributed by atoms with Gasteiger partial charge in [0.1, 0.15) is 16.8 Å². The number of thiophene rings is 1. The number of hydrogen-bond acceptors (Lipinski definition) is 7. The van der Waals surface area contributed by atoms with Crippen LogP contribution in [0.5, 0.6) is 5.75 Å². The maximum absolute atomic E-state index is 13.0. The van der Waals surface area contributed by atoms with Gasteiger partial charge in [0, 0.05) is 11.4 Å². The van der Waals surface area contributed by atoms with E-state index < -0.39 is 0 Å². The lowest BCUT2D eigenvalue weighted by Gasteiger charge is -2.33. The lowest BCUT2D eigenvalue weighted by atomic mass is 9.72. The van der Waals surface area contributed by atoms with E-state index >= 15 is 0 Å². The number of nitriles is 1. The highest BCUT2D eigenvalue weighted by atomic mass is 32.2. The Morgan fingerprint density at radius 1 is 1.36 bits per heavy atom. The maximum atomic E-state index is 13.0. The van der Waals surface area contributed by atoms with Gasteiger partial charge in [0.2, 0.25) is 5.91 Å². The third-order valence-corrected chi connectivity index (χ3v) is 9.39. The molecule has 9 heteroatoms. The van der Waals surface area contributed by atoms with Gasteiger partial charge in [0.05, 0.1) is 11.3 Å². The van der Waals surface area contributed by atoms with E-state index in [0.29, 0.717) is 34.0 Å². The minimum atomic E-state index is -0.333. The summed E-state index contributed by atoms with van der Waals surface area (Å²) in [7, 11) is 0. The molecule has 2 atom stereocenters. The van der Waals surface area contributed by atoms with Gasteiger partial charge in [-0.15, -0.1) is 28.1 Å². The normalized spacial score (nSPS) is 15.7. The van der Waals surface area contributed by atoms with Gasteiger partial charge in [0.15, 0.2) is 17.1 Å². The number of benzene rings is 1. The summed E-state index contributed by atoms with van der Waals surface area (Å²) in [6.45, 7) is 15.2. The first kappa shape index (κ1) is 28.9. The van der Waals surface area contributed by atoms with Crippen molar-refractivity contribution in [1.29, 1.82) is 5.26 Å². The van der Waals surface area contributed by atoms with E-state index in [0.717, 1.165) is 37.0 Å². The summed E-state index contributed by atoms with van der Waals surface area (Å²) in [5, 5.41) is 22.8. The minimum absolute atomic E-state index is 0.154. The van der Waals surface area contributed by atoms with Crippen molar-refractivity contribution in [2.24, 2.45) is 11.3 Å². The molecule has 1 aromatic carbocycles. The van der Waals surface area contributed by atoms with Crippen molar-refractivity contribution in [1.82, 2.24) is 14.8 Å². The molecule has 0 saturated heterocycles. The fraction of sp³-hybridized carbons (Fsp3) is 0.467. The van der Waals surface area contributed by atoms with E-state index in [9.17, 15) is 10.1 Å². The molecule has 1 aliphatic carbocycles. The van der Waals surface area contributed by atoms with Crippen molar-refractivity contribution in [3.63, 3.8) is 0 Å². The fourth-order valence-electron chi connectivity index (χ4n) is 4.89. The molecule has 2 aromatic heterocycles. The molecule has 0 saturated carbocycles. The highest BCUT2D eigenvalue weighted by Gasteiger charge is 2.32. The molecule has 2 unspecified atom stereocenters. The van der Waals surface area contributed by atoms with Crippen molar-refractivity contribution >= 4 is 34.0 Å². The average molecular weight is 564 g/mol. The predicted molar refractivity (Wildman–Crippen MR) is 158 cm³/mol. The number of ether oxygens (including phenoxy) is 1. The number of nitrogens with zero attached hydrogens (tertiary/aromatic N) is 4. The van der Waals surface area contributed by atoms with Crippen LogP contribution in [0, 0.1) is 22.7 Å². The number of hydrogen-bond donors (Lipinski definition) is 1. The summed E-state index contributed by atoms with van der Waals surface area (Å²) in [6.07, 6.45) is 5.33. The molecule has 0 radical (unpaired) electrons. The third-order valence-electron chi connectivity index (χ3n) is 7.25. The van der Waals surface area contributed by atoms with Crippen molar-refractivity contribution in [2.45, 2.75) is 78.1 Å². The van der Waals surface area contributed by atoms with Crippen LogP contribution in [-0.4, -0.2) is 26.4 Å². The Bertz CT molecular complexity index is 1360. The summed E-state index contributed by atoms with van der Waals surface area (Å²) in [6, 6.07) is 10.4. The number of allylic oxidation sites excluding steroid dienone is 1. The van der Waals surface area contributed by atoms with E-state index in [1.807, 2.05) is 23.6 Å². The fourth-order valence-corrected chi connectivity index (χ4v) is 6.94. The molecule has 1 N–H and O–H groups in total. The maximum Gasteiger partial charge on any atom is 0.235 e. The zero-order valence-corrected chi connectivity index (χ0v) is 25.0. The molecule has 0 bridgehead atoms. The van der Waals surface area contributed by atoms with E-state index in [1.165, 1.54) is 22.2 Å². The van der Waals surface area contributed by atoms with Crippen LogP contribution >= 0.6 is 23.1 Å². The van der Waals surface area contributed by atoms with Crippen LogP contribution in [0.2, 0.25) is 0 Å². The molecular weight excluding hydrogens is 526 g/mol. The van der Waals surface area contributed by atoms with Gasteiger partial charge in [-0.1, -0.05) is 57.7 Å². The Kier molecular flexibility index (Phi) is 9.19. The van der Waals surface area contributed by atoms with Gasteiger partial charge in [-0.05, 0) is 67.2 Å². The summed E-state index contributed by atoms with van der Waals surface area (Å²) >= 11 is 2.86. The van der Waals surface area contributed by atoms with Crippen molar-refractivity contribution in [2.75, 3.05) is 11.1 Å². The molecular formula is C30H37N5O2S2. The Morgan fingerprint density at radius 2 is 2.10 bits per heavy atom. The minimum Gasteiger partial charge on any atom is -0.483 e. The number of carbonyl (C=O) groups is 1. The quantitative estimate of drug-likeness (QED) is 0.211. The highest BCUT2D eigenvalue weighted by Crippen LogP contribution is 2.44. The van der Waals surface area contributed by atoms with Gasteiger partial charge < -0.3 is 10.1 Å². The Balaban J connectivity index is 1.42. The number of aryl methyl sites for hydroxylation is 1. The molecule has 0 fully saturated rings. The Hall–Kier alpha value is -3.09. The van der Waals surface area contributed by atoms with Gasteiger partial charge in [-0.25, -0.2) is 0 Å². The largest absolute Gasteiger partial charge is 0.483 e. The van der Waals surface area contributed by atoms with Gasteiger partial charge in [-0.2, -0.15) is 5.26 Å². The number of thioether (sulfide) groups is 1. The topological polar surface area (TPSA) is 92.8 Å². The lowest BCUT2D eigenvalue weighted by Crippen LogP contribution is -2.26. The standard InChI is InChI=1S/C30H37N5O2S2/c1-7-15-35-27(19(3)37-22-12-9-20(8-2)10-13-22)33-34-29(35)38-18-26(36)32-28-24(17-31)23-14-11-21(30(4,5)6)16-25(23)39-28/h7,9-10,12-13,19,21H,1,8,11,14-16,18H2,2-6H3,(H,32,36). The molecule has 0 spiro atoms. The lowest BCUT2D eigenvalue weighted by molar-refractivity contribution is -0.113. The van der Waals surface area contributed by atoms with Crippen LogP contribution in [-0.2, 0) is 30.6 Å². The first-order valence-electron chi connectivity index (χ1n) is 13.4. The van der Waals surface area contributed by atoms with Gasteiger partial charge in [-0.3, -0.25) is 9.36 Å². The first-order chi connectivity index (χ1) is 18.6. The van der Waals surface area contributed by atoms with Crippen molar-refractivity contribution < 1.29 is 9.53 Å². The second-order valence-electron chi connectivity index (χ2n) is 11.0. The van der Waals surface area contributed by atoms with Crippen LogP contribution in [0.3, 0.4) is 0 Å². The van der Waals surface area contributed by atoms with Crippen LogP contribution in [0.15, 0.2) is 42.1 Å². The molecule has 206 valence electrons. The van der Waals surface area contributed by atoms with Crippen LogP contribution in [0.4, 0.5) is 5.00 Å². The molecule has 1 amide bonds. The number of rotatable bonds is 10. The molecule has 1 aliphatic rings. The number of aromatic nitrogens is 3. The second-order valence-corrected chi connectivity index (χ2v) is 13.0. The molecule has 2 heterocycles.